The van der Waals surface area contributed by atoms with Gasteiger partial charge in [-0.1, -0.05) is 18.2 Å². The molecule has 2 aromatic rings. The highest BCUT2D eigenvalue weighted by atomic mass is 16.2. The molecule has 2 N–H and O–H groups in total. The number of H-pyrrole nitrogens is 1. The fraction of sp³-hybridized carbons (Fsp3) is 0.167. The Balaban J connectivity index is 2.13. The Morgan fingerprint density at radius 1 is 1.38 bits per heavy atom. The molecular weight excluding hydrogens is 204 g/mol. The smallest absolute Gasteiger partial charge is 0.267 e. The summed E-state index contributed by atoms with van der Waals surface area (Å²) in [5.41, 5.74) is 1.45. The van der Waals surface area contributed by atoms with Crippen molar-refractivity contribution in [1.82, 2.24) is 10.3 Å². The van der Waals surface area contributed by atoms with Gasteiger partial charge in [0.15, 0.2) is 0 Å². The third-order valence-corrected chi connectivity index (χ3v) is 2.32. The van der Waals surface area contributed by atoms with Gasteiger partial charge in [0.25, 0.3) is 5.91 Å². The zero-order valence-corrected chi connectivity index (χ0v) is 8.69. The number of aromatic nitrogens is 1. The number of amides is 1. The molecule has 0 bridgehead atoms. The molecule has 0 aliphatic rings. The number of rotatable bonds is 4. The number of carbonyl (C=O) groups is 2. The van der Waals surface area contributed by atoms with E-state index >= 15 is 0 Å². The number of fused-ring (bicyclic) bond motifs is 1. The van der Waals surface area contributed by atoms with Crippen molar-refractivity contribution in [2.45, 2.75) is 6.42 Å². The van der Waals surface area contributed by atoms with Crippen LogP contribution in [-0.2, 0) is 4.79 Å². The molecular formula is C12H12N2O2. The summed E-state index contributed by atoms with van der Waals surface area (Å²) in [4.78, 5) is 24.8. The lowest BCUT2D eigenvalue weighted by molar-refractivity contribution is -0.107. The molecule has 0 unspecified atom stereocenters. The molecule has 1 amide bonds. The topological polar surface area (TPSA) is 62.0 Å². The van der Waals surface area contributed by atoms with Crippen LogP contribution in [0, 0.1) is 0 Å². The molecule has 1 aromatic carbocycles. The Bertz CT molecular complexity index is 483. The summed E-state index contributed by atoms with van der Waals surface area (Å²) < 4.78 is 0. The first kappa shape index (κ1) is 10.4. The van der Waals surface area contributed by atoms with Gasteiger partial charge in [0.05, 0.1) is 0 Å². The molecule has 82 valence electrons. The van der Waals surface area contributed by atoms with Crippen molar-refractivity contribution < 1.29 is 9.59 Å². The zero-order valence-electron chi connectivity index (χ0n) is 8.69. The molecule has 0 aliphatic heterocycles. The first-order chi connectivity index (χ1) is 7.81. The molecule has 0 fully saturated rings. The highest BCUT2D eigenvalue weighted by molar-refractivity contribution is 5.98. The van der Waals surface area contributed by atoms with Gasteiger partial charge < -0.3 is 15.1 Å². The molecule has 4 nitrogen and oxygen atoms in total. The second kappa shape index (κ2) is 4.61. The molecule has 1 heterocycles. The highest BCUT2D eigenvalue weighted by Gasteiger charge is 2.07. The fourth-order valence-corrected chi connectivity index (χ4v) is 1.54. The molecule has 0 saturated carbocycles. The van der Waals surface area contributed by atoms with Crippen LogP contribution >= 0.6 is 0 Å². The number of hydrogen-bond acceptors (Lipinski definition) is 2. The van der Waals surface area contributed by atoms with Gasteiger partial charge in [0.2, 0.25) is 0 Å². The lowest BCUT2D eigenvalue weighted by Gasteiger charge is -1.99. The van der Waals surface area contributed by atoms with Crippen LogP contribution < -0.4 is 5.32 Å². The molecule has 0 aliphatic carbocycles. The van der Waals surface area contributed by atoms with Gasteiger partial charge in [-0.3, -0.25) is 4.79 Å². The summed E-state index contributed by atoms with van der Waals surface area (Å²) in [5.74, 6) is -0.182. The van der Waals surface area contributed by atoms with E-state index in [2.05, 4.69) is 10.3 Å². The number of hydrogen-bond donors (Lipinski definition) is 2. The quantitative estimate of drug-likeness (QED) is 0.600. The Morgan fingerprint density at radius 3 is 2.94 bits per heavy atom. The van der Waals surface area contributed by atoms with Gasteiger partial charge in [-0.25, -0.2) is 0 Å². The number of nitrogens with one attached hydrogen (secondary N) is 2. The summed E-state index contributed by atoms with van der Waals surface area (Å²) in [7, 11) is 0. The summed E-state index contributed by atoms with van der Waals surface area (Å²) in [6.07, 6.45) is 1.12. The zero-order chi connectivity index (χ0) is 11.4. The highest BCUT2D eigenvalue weighted by Crippen LogP contribution is 2.14. The predicted molar refractivity (Wildman–Crippen MR) is 61.3 cm³/mol. The normalized spacial score (nSPS) is 10.2. The number of aromatic amines is 1. The molecule has 0 spiro atoms. The molecule has 0 atom stereocenters. The van der Waals surface area contributed by atoms with E-state index in [4.69, 9.17) is 0 Å². The molecule has 1 aromatic heterocycles. The average molecular weight is 216 g/mol. The van der Waals surface area contributed by atoms with Crippen molar-refractivity contribution in [1.29, 1.82) is 0 Å². The Kier molecular flexibility index (Phi) is 3.00. The van der Waals surface area contributed by atoms with E-state index in [-0.39, 0.29) is 5.91 Å². The maximum absolute atomic E-state index is 11.6. The average Bonchev–Trinajstić information content (AvgIpc) is 2.73. The van der Waals surface area contributed by atoms with Crippen molar-refractivity contribution >= 4 is 23.1 Å². The van der Waals surface area contributed by atoms with Crippen molar-refractivity contribution in [3.8, 4) is 0 Å². The monoisotopic (exact) mass is 216 g/mol. The van der Waals surface area contributed by atoms with Gasteiger partial charge in [-0.2, -0.15) is 0 Å². The van der Waals surface area contributed by atoms with Crippen LogP contribution in [0.5, 0.6) is 0 Å². The standard InChI is InChI=1S/C12H12N2O2/c15-7-3-6-13-12(16)11-8-9-4-1-2-5-10(9)14-11/h1-2,4-5,7-8,14H,3,6H2,(H,13,16). The minimum absolute atomic E-state index is 0.182. The Hall–Kier alpha value is -2.10. The van der Waals surface area contributed by atoms with Gasteiger partial charge in [0.1, 0.15) is 12.0 Å². The van der Waals surface area contributed by atoms with E-state index in [9.17, 15) is 9.59 Å². The predicted octanol–water partition coefficient (Wildman–Crippen LogP) is 1.49. The molecule has 2 rings (SSSR count). The van der Waals surface area contributed by atoms with Crippen molar-refractivity contribution in [2.24, 2.45) is 0 Å². The molecule has 4 heteroatoms. The summed E-state index contributed by atoms with van der Waals surface area (Å²) in [5, 5.41) is 3.66. The summed E-state index contributed by atoms with van der Waals surface area (Å²) in [6, 6.07) is 9.48. The Labute approximate surface area is 92.7 Å². The first-order valence-corrected chi connectivity index (χ1v) is 5.11. The van der Waals surface area contributed by atoms with Crippen LogP contribution in [0.2, 0.25) is 0 Å². The minimum atomic E-state index is -0.182. The van der Waals surface area contributed by atoms with E-state index in [0.717, 1.165) is 17.2 Å². The fourth-order valence-electron chi connectivity index (χ4n) is 1.54. The summed E-state index contributed by atoms with van der Waals surface area (Å²) in [6.45, 7) is 0.373. The lowest BCUT2D eigenvalue weighted by Crippen LogP contribution is -2.24. The maximum atomic E-state index is 11.6. The number of aldehydes is 1. The van der Waals surface area contributed by atoms with E-state index < -0.39 is 0 Å². The SMILES string of the molecule is O=CCCNC(=O)c1cc2ccccc2[nH]1. The summed E-state index contributed by atoms with van der Waals surface area (Å²) >= 11 is 0. The van der Waals surface area contributed by atoms with Crippen LogP contribution in [0.25, 0.3) is 10.9 Å². The second-order valence-corrected chi connectivity index (χ2v) is 3.48. The molecule has 0 radical (unpaired) electrons. The molecule has 0 saturated heterocycles. The van der Waals surface area contributed by atoms with E-state index in [1.807, 2.05) is 24.3 Å². The minimum Gasteiger partial charge on any atom is -0.351 e. The molecule has 16 heavy (non-hydrogen) atoms. The van der Waals surface area contributed by atoms with Crippen LogP contribution in [0.1, 0.15) is 16.9 Å². The van der Waals surface area contributed by atoms with Crippen LogP contribution in [0.3, 0.4) is 0 Å². The number of carbonyl (C=O) groups excluding carboxylic acids is 2. The van der Waals surface area contributed by atoms with Gasteiger partial charge in [-0.05, 0) is 12.1 Å². The maximum Gasteiger partial charge on any atom is 0.267 e. The van der Waals surface area contributed by atoms with Crippen molar-refractivity contribution in [3.63, 3.8) is 0 Å². The van der Waals surface area contributed by atoms with Gasteiger partial charge in [0, 0.05) is 23.9 Å². The van der Waals surface area contributed by atoms with E-state index in [0.29, 0.717) is 18.7 Å². The van der Waals surface area contributed by atoms with E-state index in [1.54, 1.807) is 6.07 Å². The lowest BCUT2D eigenvalue weighted by atomic mass is 10.2. The first-order valence-electron chi connectivity index (χ1n) is 5.11. The van der Waals surface area contributed by atoms with Crippen LogP contribution in [0.4, 0.5) is 0 Å². The van der Waals surface area contributed by atoms with Crippen LogP contribution in [-0.4, -0.2) is 23.7 Å². The number of para-hydroxylation sites is 1. The Morgan fingerprint density at radius 2 is 2.19 bits per heavy atom. The third kappa shape index (κ3) is 2.11. The van der Waals surface area contributed by atoms with Crippen LogP contribution in [0.15, 0.2) is 30.3 Å². The van der Waals surface area contributed by atoms with Crippen molar-refractivity contribution in [2.75, 3.05) is 6.54 Å². The third-order valence-electron chi connectivity index (χ3n) is 2.32. The van der Waals surface area contributed by atoms with Crippen molar-refractivity contribution in [3.05, 3.63) is 36.0 Å². The van der Waals surface area contributed by atoms with Gasteiger partial charge in [-0.15, -0.1) is 0 Å². The van der Waals surface area contributed by atoms with E-state index in [1.165, 1.54) is 0 Å². The number of benzene rings is 1. The largest absolute Gasteiger partial charge is 0.351 e. The van der Waals surface area contributed by atoms with Gasteiger partial charge >= 0.3 is 0 Å². The second-order valence-electron chi connectivity index (χ2n) is 3.48.